The van der Waals surface area contributed by atoms with Crippen molar-refractivity contribution in [2.24, 2.45) is 0 Å². The maximum Gasteiger partial charge on any atom is 0.261 e. The molecular formula is C24H18FNO2. The van der Waals surface area contributed by atoms with Crippen LogP contribution < -0.4 is 0 Å². The van der Waals surface area contributed by atoms with Crippen molar-refractivity contribution in [1.82, 2.24) is 4.90 Å². The van der Waals surface area contributed by atoms with Crippen LogP contribution in [0.15, 0.2) is 78.9 Å². The van der Waals surface area contributed by atoms with Crippen molar-refractivity contribution >= 4 is 17.4 Å². The average Bonchev–Trinajstić information content (AvgIpc) is 2.97. The Morgan fingerprint density at radius 3 is 1.93 bits per heavy atom. The zero-order valence-corrected chi connectivity index (χ0v) is 15.4. The third-order valence-electron chi connectivity index (χ3n) is 4.98. The lowest BCUT2D eigenvalue weighted by atomic mass is 10.0. The monoisotopic (exact) mass is 371 g/mol. The molecule has 3 nitrogen and oxygen atoms in total. The minimum Gasteiger partial charge on any atom is -0.270 e. The summed E-state index contributed by atoms with van der Waals surface area (Å²) in [6.07, 6.45) is 1.86. The van der Waals surface area contributed by atoms with E-state index in [-0.39, 0.29) is 24.2 Å². The highest BCUT2D eigenvalue weighted by Crippen LogP contribution is 2.26. The van der Waals surface area contributed by atoms with Crippen molar-refractivity contribution in [1.29, 1.82) is 0 Å². The van der Waals surface area contributed by atoms with Crippen molar-refractivity contribution < 1.29 is 14.0 Å². The summed E-state index contributed by atoms with van der Waals surface area (Å²) in [4.78, 5) is 26.1. The molecule has 0 aromatic heterocycles. The number of hydrogen-bond donors (Lipinski definition) is 0. The molecule has 0 spiro atoms. The van der Waals surface area contributed by atoms with Gasteiger partial charge in [-0.25, -0.2) is 4.39 Å². The number of benzene rings is 3. The fourth-order valence-electron chi connectivity index (χ4n) is 3.36. The third kappa shape index (κ3) is 3.14. The molecule has 0 bridgehead atoms. The molecule has 3 aromatic carbocycles. The van der Waals surface area contributed by atoms with Crippen molar-refractivity contribution in [2.45, 2.75) is 6.92 Å². The number of amides is 2. The summed E-state index contributed by atoms with van der Waals surface area (Å²) in [5, 5.41) is 0. The maximum absolute atomic E-state index is 13.9. The predicted octanol–water partition coefficient (Wildman–Crippen LogP) is 5.19. The molecule has 3 aromatic rings. The summed E-state index contributed by atoms with van der Waals surface area (Å²) in [6, 6.07) is 21.1. The molecule has 138 valence electrons. The van der Waals surface area contributed by atoms with Gasteiger partial charge in [-0.3, -0.25) is 14.5 Å². The van der Waals surface area contributed by atoms with Gasteiger partial charge in [0, 0.05) is 12.1 Å². The molecule has 0 N–H and O–H groups in total. The second-order valence-corrected chi connectivity index (χ2v) is 6.71. The summed E-state index contributed by atoms with van der Waals surface area (Å²) in [7, 11) is 0. The van der Waals surface area contributed by atoms with E-state index in [2.05, 4.69) is 0 Å². The van der Waals surface area contributed by atoms with Crippen LogP contribution in [0.3, 0.4) is 0 Å². The van der Waals surface area contributed by atoms with E-state index in [0.717, 1.165) is 16.7 Å². The Bertz CT molecular complexity index is 1060. The van der Waals surface area contributed by atoms with Gasteiger partial charge in [0.2, 0.25) is 0 Å². The first-order chi connectivity index (χ1) is 13.6. The van der Waals surface area contributed by atoms with E-state index in [4.69, 9.17) is 0 Å². The first-order valence-corrected chi connectivity index (χ1v) is 9.03. The summed E-state index contributed by atoms with van der Waals surface area (Å²) >= 11 is 0. The lowest BCUT2D eigenvalue weighted by molar-refractivity contribution is 0.0672. The summed E-state index contributed by atoms with van der Waals surface area (Å²) < 4.78 is 13.9. The number of rotatable bonds is 4. The third-order valence-corrected chi connectivity index (χ3v) is 4.98. The molecule has 0 saturated heterocycles. The van der Waals surface area contributed by atoms with Crippen LogP contribution >= 0.6 is 0 Å². The molecule has 2 amide bonds. The number of halogens is 1. The highest BCUT2D eigenvalue weighted by molar-refractivity contribution is 6.21. The molecule has 0 saturated carbocycles. The van der Waals surface area contributed by atoms with Crippen molar-refractivity contribution in [3.05, 3.63) is 101 Å². The molecule has 1 heterocycles. The molecule has 0 unspecified atom stereocenters. The fourth-order valence-corrected chi connectivity index (χ4v) is 3.36. The van der Waals surface area contributed by atoms with Gasteiger partial charge in [0.1, 0.15) is 5.82 Å². The Morgan fingerprint density at radius 1 is 0.821 bits per heavy atom. The number of carbonyl (C=O) groups is 2. The van der Waals surface area contributed by atoms with E-state index in [1.54, 1.807) is 42.5 Å². The molecule has 0 radical (unpaired) electrons. The number of fused-ring (bicyclic) bond motifs is 1. The number of hydrogen-bond acceptors (Lipinski definition) is 2. The first kappa shape index (κ1) is 17.9. The van der Waals surface area contributed by atoms with Crippen LogP contribution in [0, 0.1) is 5.82 Å². The van der Waals surface area contributed by atoms with Gasteiger partial charge in [-0.15, -0.1) is 0 Å². The quantitative estimate of drug-likeness (QED) is 0.592. The van der Waals surface area contributed by atoms with Crippen LogP contribution in [0.2, 0.25) is 0 Å². The zero-order valence-electron chi connectivity index (χ0n) is 15.4. The molecule has 0 atom stereocenters. The van der Waals surface area contributed by atoms with Crippen LogP contribution in [0.25, 0.3) is 16.7 Å². The lowest BCUT2D eigenvalue weighted by Crippen LogP contribution is -2.29. The minimum atomic E-state index is -0.264. The SMILES string of the molecule is CC(=CCN1C(=O)c2ccccc2C1=O)c1ccc(-c2ccccc2F)cc1. The van der Waals surface area contributed by atoms with E-state index in [0.29, 0.717) is 16.7 Å². The molecule has 1 aliphatic heterocycles. The summed E-state index contributed by atoms with van der Waals surface area (Å²) in [5.41, 5.74) is 4.16. The normalized spacial score (nSPS) is 13.8. The number of carbonyl (C=O) groups excluding carboxylic acids is 2. The van der Waals surface area contributed by atoms with E-state index < -0.39 is 0 Å². The van der Waals surface area contributed by atoms with E-state index in [9.17, 15) is 14.0 Å². The second-order valence-electron chi connectivity index (χ2n) is 6.71. The van der Waals surface area contributed by atoms with Gasteiger partial charge in [0.15, 0.2) is 0 Å². The van der Waals surface area contributed by atoms with Crippen molar-refractivity contribution in [2.75, 3.05) is 6.54 Å². The van der Waals surface area contributed by atoms with E-state index in [1.165, 1.54) is 11.0 Å². The first-order valence-electron chi connectivity index (χ1n) is 9.03. The molecule has 1 aliphatic rings. The smallest absolute Gasteiger partial charge is 0.261 e. The Morgan fingerprint density at radius 2 is 1.36 bits per heavy atom. The molecular weight excluding hydrogens is 353 g/mol. The highest BCUT2D eigenvalue weighted by atomic mass is 19.1. The molecule has 0 fully saturated rings. The summed E-state index contributed by atoms with van der Waals surface area (Å²) in [5.74, 6) is -0.785. The van der Waals surface area contributed by atoms with Gasteiger partial charge >= 0.3 is 0 Å². The average molecular weight is 371 g/mol. The standard InChI is InChI=1S/C24H18FNO2/c1-16(14-15-26-23(27)20-7-2-3-8-21(20)24(26)28)17-10-12-18(13-11-17)19-6-4-5-9-22(19)25/h2-14H,15H2,1H3. The van der Waals surface area contributed by atoms with E-state index in [1.807, 2.05) is 37.3 Å². The van der Waals surface area contributed by atoms with Gasteiger partial charge < -0.3 is 0 Å². The predicted molar refractivity (Wildman–Crippen MR) is 107 cm³/mol. The second kappa shape index (κ2) is 7.24. The van der Waals surface area contributed by atoms with Crippen LogP contribution in [-0.2, 0) is 0 Å². The van der Waals surface area contributed by atoms with Gasteiger partial charge in [-0.2, -0.15) is 0 Å². The Labute approximate surface area is 162 Å². The lowest BCUT2D eigenvalue weighted by Gasteiger charge is -2.12. The minimum absolute atomic E-state index is 0.216. The molecule has 4 rings (SSSR count). The number of imide groups is 1. The van der Waals surface area contributed by atoms with Gasteiger partial charge in [0.25, 0.3) is 11.8 Å². The van der Waals surface area contributed by atoms with Gasteiger partial charge in [-0.1, -0.05) is 60.7 Å². The Hall–Kier alpha value is -3.53. The largest absolute Gasteiger partial charge is 0.270 e. The highest BCUT2D eigenvalue weighted by Gasteiger charge is 2.34. The van der Waals surface area contributed by atoms with Gasteiger partial charge in [-0.05, 0) is 41.8 Å². The number of allylic oxidation sites excluding steroid dienone is 1. The van der Waals surface area contributed by atoms with E-state index >= 15 is 0 Å². The van der Waals surface area contributed by atoms with Crippen LogP contribution in [0.4, 0.5) is 4.39 Å². The van der Waals surface area contributed by atoms with Crippen molar-refractivity contribution in [3.8, 4) is 11.1 Å². The van der Waals surface area contributed by atoms with Gasteiger partial charge in [0.05, 0.1) is 11.1 Å². The van der Waals surface area contributed by atoms with Crippen molar-refractivity contribution in [3.63, 3.8) is 0 Å². The van der Waals surface area contributed by atoms with Crippen LogP contribution in [0.5, 0.6) is 0 Å². The molecule has 4 heteroatoms. The Kier molecular flexibility index (Phi) is 4.62. The molecule has 28 heavy (non-hydrogen) atoms. The summed E-state index contributed by atoms with van der Waals surface area (Å²) in [6.45, 7) is 2.14. The Balaban J connectivity index is 1.52. The zero-order chi connectivity index (χ0) is 19.7. The maximum atomic E-state index is 13.9. The fraction of sp³-hybridized carbons (Fsp3) is 0.0833. The molecule has 0 aliphatic carbocycles. The van der Waals surface area contributed by atoms with Crippen LogP contribution in [0.1, 0.15) is 33.2 Å². The van der Waals surface area contributed by atoms with Crippen LogP contribution in [-0.4, -0.2) is 23.3 Å². The topological polar surface area (TPSA) is 37.4 Å². The number of nitrogens with zero attached hydrogens (tertiary/aromatic N) is 1.